The van der Waals surface area contributed by atoms with Crippen LogP contribution in [0.25, 0.3) is 0 Å². The van der Waals surface area contributed by atoms with E-state index in [0.717, 1.165) is 23.6 Å². The molecule has 116 valence electrons. The van der Waals surface area contributed by atoms with Gasteiger partial charge in [0.25, 0.3) is 5.91 Å². The first-order chi connectivity index (χ1) is 10.5. The molecule has 3 N–H and O–H groups in total. The third kappa shape index (κ3) is 3.76. The number of carbonyl (C=O) groups excluding carboxylic acids is 1. The van der Waals surface area contributed by atoms with Crippen LogP contribution in [-0.4, -0.2) is 45.9 Å². The number of anilines is 1. The molecule has 1 aliphatic rings. The second-order valence-corrected chi connectivity index (χ2v) is 4.87. The van der Waals surface area contributed by atoms with E-state index in [1.807, 2.05) is 0 Å². The van der Waals surface area contributed by atoms with Crippen molar-refractivity contribution in [1.82, 2.24) is 15.8 Å². The highest BCUT2D eigenvalue weighted by Gasteiger charge is 2.24. The fourth-order valence-electron chi connectivity index (χ4n) is 1.51. The molecule has 0 aliphatic carbocycles. The molecular weight excluding hydrogens is 316 g/mol. The molecule has 0 fully saturated rings. The molecule has 0 saturated heterocycles. The number of carbonyl (C=O) groups is 2. The molecule has 0 aromatic carbocycles. The Morgan fingerprint density at radius 1 is 1.50 bits per heavy atom. The fourth-order valence-corrected chi connectivity index (χ4v) is 2.27. The van der Waals surface area contributed by atoms with Crippen LogP contribution in [-0.2, 0) is 9.59 Å². The number of aliphatic carboxylic acids is 1. The Hall–Kier alpha value is -3.02. The average Bonchev–Trinajstić information content (AvgIpc) is 3.10. The molecule has 1 aliphatic heterocycles. The maximum Gasteiger partial charge on any atom is 0.345 e. The highest BCUT2D eigenvalue weighted by molar-refractivity contribution is 7.18. The zero-order valence-corrected chi connectivity index (χ0v) is 11.7. The summed E-state index contributed by atoms with van der Waals surface area (Å²) in [6, 6.07) is 0. The number of nitro groups is 1. The zero-order chi connectivity index (χ0) is 16.1. The van der Waals surface area contributed by atoms with Gasteiger partial charge in [-0.3, -0.25) is 30.7 Å². The van der Waals surface area contributed by atoms with E-state index in [1.165, 1.54) is 0 Å². The van der Waals surface area contributed by atoms with Gasteiger partial charge in [0.05, 0.1) is 11.5 Å². The summed E-state index contributed by atoms with van der Waals surface area (Å²) in [6.07, 6.45) is 2.67. The Labute approximate surface area is 127 Å². The SMILES string of the molecule is O=C(O)C=CC(=O)NNC1=NCCN1c1ncc([N+](=O)[O-])s1. The molecule has 0 saturated carbocycles. The van der Waals surface area contributed by atoms with Crippen LogP contribution in [0.4, 0.5) is 10.1 Å². The van der Waals surface area contributed by atoms with Gasteiger partial charge in [-0.15, -0.1) is 0 Å². The number of carboxylic acid groups (broad SMARTS) is 1. The van der Waals surface area contributed by atoms with Gasteiger partial charge in [0.1, 0.15) is 6.20 Å². The Kier molecular flexibility index (Phi) is 4.63. The average molecular weight is 326 g/mol. The van der Waals surface area contributed by atoms with Gasteiger partial charge >= 0.3 is 11.0 Å². The number of hydrogen-bond donors (Lipinski definition) is 3. The summed E-state index contributed by atoms with van der Waals surface area (Å²) in [5, 5.41) is 19.3. The van der Waals surface area contributed by atoms with Crippen LogP contribution in [0.1, 0.15) is 0 Å². The highest BCUT2D eigenvalue weighted by atomic mass is 32.1. The number of thiazole rings is 1. The zero-order valence-electron chi connectivity index (χ0n) is 10.9. The topological polar surface area (TPSA) is 150 Å². The van der Waals surface area contributed by atoms with Crippen molar-refractivity contribution in [3.8, 4) is 0 Å². The molecular formula is C10H10N6O5S. The van der Waals surface area contributed by atoms with Gasteiger partial charge < -0.3 is 5.11 Å². The summed E-state index contributed by atoms with van der Waals surface area (Å²) in [7, 11) is 0. The van der Waals surface area contributed by atoms with Crippen LogP contribution in [0.15, 0.2) is 23.3 Å². The smallest absolute Gasteiger partial charge is 0.345 e. The molecule has 0 bridgehead atoms. The van der Waals surface area contributed by atoms with Gasteiger partial charge in [-0.25, -0.2) is 14.8 Å². The van der Waals surface area contributed by atoms with Crippen molar-refractivity contribution in [3.05, 3.63) is 28.5 Å². The summed E-state index contributed by atoms with van der Waals surface area (Å²) in [6.45, 7) is 0.879. The minimum Gasteiger partial charge on any atom is -0.478 e. The number of rotatable bonds is 4. The van der Waals surface area contributed by atoms with E-state index in [4.69, 9.17) is 5.11 Å². The van der Waals surface area contributed by atoms with Crippen LogP contribution >= 0.6 is 11.3 Å². The highest BCUT2D eigenvalue weighted by Crippen LogP contribution is 2.29. The number of aliphatic imine (C=N–C) groups is 1. The maximum atomic E-state index is 11.3. The molecule has 1 aromatic heterocycles. The van der Waals surface area contributed by atoms with Crippen LogP contribution in [0, 0.1) is 10.1 Å². The van der Waals surface area contributed by atoms with Gasteiger partial charge in [0.2, 0.25) is 5.96 Å². The van der Waals surface area contributed by atoms with E-state index in [1.54, 1.807) is 4.90 Å². The number of guanidine groups is 1. The van der Waals surface area contributed by atoms with Gasteiger partial charge in [0.15, 0.2) is 5.13 Å². The van der Waals surface area contributed by atoms with E-state index >= 15 is 0 Å². The van der Waals surface area contributed by atoms with Crippen molar-refractivity contribution >= 4 is 39.3 Å². The van der Waals surface area contributed by atoms with Crippen molar-refractivity contribution in [1.29, 1.82) is 0 Å². The van der Waals surface area contributed by atoms with E-state index < -0.39 is 16.8 Å². The lowest BCUT2D eigenvalue weighted by Crippen LogP contribution is -2.47. The van der Waals surface area contributed by atoms with Crippen LogP contribution in [0.5, 0.6) is 0 Å². The van der Waals surface area contributed by atoms with Crippen LogP contribution < -0.4 is 15.8 Å². The predicted molar refractivity (Wildman–Crippen MR) is 76.5 cm³/mol. The summed E-state index contributed by atoms with van der Waals surface area (Å²) < 4.78 is 0. The summed E-state index contributed by atoms with van der Waals surface area (Å²) >= 11 is 0.881. The molecule has 1 amide bonds. The van der Waals surface area contributed by atoms with Crippen LogP contribution in [0.2, 0.25) is 0 Å². The van der Waals surface area contributed by atoms with Crippen molar-refractivity contribution in [2.24, 2.45) is 4.99 Å². The third-order valence-electron chi connectivity index (χ3n) is 2.41. The second-order valence-electron chi connectivity index (χ2n) is 3.88. The number of hydrogen-bond acceptors (Lipinski definition) is 9. The first kappa shape index (κ1) is 15.4. The van der Waals surface area contributed by atoms with Crippen molar-refractivity contribution in [2.45, 2.75) is 0 Å². The normalized spacial score (nSPS) is 14.0. The van der Waals surface area contributed by atoms with Gasteiger partial charge in [-0.2, -0.15) is 0 Å². The monoisotopic (exact) mass is 326 g/mol. The quantitative estimate of drug-likeness (QED) is 0.380. The molecule has 0 radical (unpaired) electrons. The molecule has 12 heteroatoms. The number of aromatic nitrogens is 1. The number of nitrogens with zero attached hydrogens (tertiary/aromatic N) is 4. The minimum absolute atomic E-state index is 0.102. The molecule has 0 atom stereocenters. The number of carboxylic acids is 1. The Bertz CT molecular complexity index is 669. The molecule has 1 aromatic rings. The van der Waals surface area contributed by atoms with Crippen molar-refractivity contribution < 1.29 is 19.6 Å². The lowest BCUT2D eigenvalue weighted by molar-refractivity contribution is -0.380. The van der Waals surface area contributed by atoms with E-state index in [9.17, 15) is 19.7 Å². The fraction of sp³-hybridized carbons (Fsp3) is 0.200. The first-order valence-electron chi connectivity index (χ1n) is 5.86. The summed E-state index contributed by atoms with van der Waals surface area (Å²) in [4.78, 5) is 41.3. The first-order valence-corrected chi connectivity index (χ1v) is 6.68. The lowest BCUT2D eigenvalue weighted by atomic mass is 10.5. The van der Waals surface area contributed by atoms with E-state index in [0.29, 0.717) is 24.3 Å². The van der Waals surface area contributed by atoms with E-state index in [2.05, 4.69) is 20.8 Å². The summed E-state index contributed by atoms with van der Waals surface area (Å²) in [5.74, 6) is -1.66. The second kappa shape index (κ2) is 6.62. The molecule has 22 heavy (non-hydrogen) atoms. The maximum absolute atomic E-state index is 11.3. The number of hydrazine groups is 1. The van der Waals surface area contributed by atoms with Crippen LogP contribution in [0.3, 0.4) is 0 Å². The summed E-state index contributed by atoms with van der Waals surface area (Å²) in [5.41, 5.74) is 4.76. The predicted octanol–water partition coefficient (Wildman–Crippen LogP) is -0.511. The van der Waals surface area contributed by atoms with Gasteiger partial charge in [0, 0.05) is 18.7 Å². The molecule has 2 heterocycles. The van der Waals surface area contributed by atoms with E-state index in [-0.39, 0.29) is 11.0 Å². The number of amides is 1. The number of nitrogens with one attached hydrogen (secondary N) is 2. The molecule has 11 nitrogen and oxygen atoms in total. The third-order valence-corrected chi connectivity index (χ3v) is 3.38. The minimum atomic E-state index is -1.25. The molecule has 0 spiro atoms. The lowest BCUT2D eigenvalue weighted by Gasteiger charge is -2.17. The Balaban J connectivity index is 1.97. The van der Waals surface area contributed by atoms with Crippen molar-refractivity contribution in [3.63, 3.8) is 0 Å². The largest absolute Gasteiger partial charge is 0.478 e. The Morgan fingerprint density at radius 3 is 2.91 bits per heavy atom. The molecule has 2 rings (SSSR count). The van der Waals surface area contributed by atoms with Crippen molar-refractivity contribution in [2.75, 3.05) is 18.0 Å². The Morgan fingerprint density at radius 2 is 2.27 bits per heavy atom. The van der Waals surface area contributed by atoms with Gasteiger partial charge in [-0.05, 0) is 11.3 Å². The standard InChI is InChI=1S/C10H10N6O5S/c17-6(1-2-8(18)19)13-14-9-11-3-4-15(9)10-12-5-7(22-10)16(20)21/h1-2,5H,3-4H2,(H,11,14)(H,13,17)(H,18,19). The van der Waals surface area contributed by atoms with Gasteiger partial charge in [-0.1, -0.05) is 0 Å². The molecule has 0 unspecified atom stereocenters.